The summed E-state index contributed by atoms with van der Waals surface area (Å²) in [7, 11) is 1.31. The fraction of sp³-hybridized carbons (Fsp3) is 0.562. The lowest BCUT2D eigenvalue weighted by Crippen LogP contribution is -2.53. The summed E-state index contributed by atoms with van der Waals surface area (Å²) in [4.78, 5) is 29.0. The van der Waals surface area contributed by atoms with Crippen molar-refractivity contribution in [1.82, 2.24) is 15.1 Å². The molecule has 2 aliphatic heterocycles. The number of nitrogens with two attached hydrogens (primary N) is 1. The highest BCUT2D eigenvalue weighted by atomic mass is 19.1. The van der Waals surface area contributed by atoms with E-state index in [4.69, 9.17) is 10.5 Å². The molecule has 0 bridgehead atoms. The fourth-order valence-corrected chi connectivity index (χ4v) is 6.40. The summed E-state index contributed by atoms with van der Waals surface area (Å²) in [5.74, 6) is -0.252. The molecular weight excluding hydrogens is 523 g/mol. The van der Waals surface area contributed by atoms with Crippen LogP contribution in [0.3, 0.4) is 0 Å². The van der Waals surface area contributed by atoms with Gasteiger partial charge in [-0.15, -0.1) is 0 Å². The summed E-state index contributed by atoms with van der Waals surface area (Å²) in [6.45, 7) is 5.37. The second-order valence-electron chi connectivity index (χ2n) is 11.4. The Hall–Kier alpha value is -3.17. The van der Waals surface area contributed by atoms with Gasteiger partial charge < -0.3 is 30.7 Å². The summed E-state index contributed by atoms with van der Waals surface area (Å²) in [5, 5.41) is 15.3. The predicted octanol–water partition coefficient (Wildman–Crippen LogP) is 4.88. The zero-order valence-corrected chi connectivity index (χ0v) is 24.4. The highest BCUT2D eigenvalue weighted by Crippen LogP contribution is 2.44. The number of amides is 3. The van der Waals surface area contributed by atoms with Gasteiger partial charge in [-0.05, 0) is 80.2 Å². The number of methoxy groups -OCH3 is 1. The maximum absolute atomic E-state index is 15.7. The molecule has 41 heavy (non-hydrogen) atoms. The largest absolute Gasteiger partial charge is 0.453 e. The summed E-state index contributed by atoms with van der Waals surface area (Å²) >= 11 is 0. The lowest BCUT2D eigenvalue weighted by molar-refractivity contribution is -0.0566. The number of nitrogens with one attached hydrogen (secondary N) is 1. The Morgan fingerprint density at radius 3 is 2.59 bits per heavy atom. The predicted molar refractivity (Wildman–Crippen MR) is 158 cm³/mol. The lowest BCUT2D eigenvalue weighted by Gasteiger charge is -2.45. The number of carbonyl (C=O) groups excluding carboxylic acids is 2. The minimum atomic E-state index is -1.43. The number of hydrogen-bond donors (Lipinski definition) is 3. The van der Waals surface area contributed by atoms with Crippen LogP contribution in [0.25, 0.3) is 11.1 Å². The zero-order chi connectivity index (χ0) is 29.4. The molecule has 9 heteroatoms. The molecule has 2 saturated heterocycles. The molecule has 4 N–H and O–H groups in total. The first-order chi connectivity index (χ1) is 19.8. The molecule has 2 aliphatic rings. The van der Waals surface area contributed by atoms with E-state index in [1.54, 1.807) is 6.07 Å². The van der Waals surface area contributed by atoms with E-state index in [1.807, 2.05) is 40.1 Å². The van der Waals surface area contributed by atoms with Crippen LogP contribution in [0.2, 0.25) is 0 Å². The molecule has 0 radical (unpaired) electrons. The SMILES string of the molecule is CCc1cccc(-c2c(F)cccc2[C@@](O)(CCCNC(=O)OC)[C@@H]2CCCN(C(=O)N3CCC(CN)CC3)C2)c1. The fourth-order valence-electron chi connectivity index (χ4n) is 6.40. The smallest absolute Gasteiger partial charge is 0.406 e. The molecule has 2 heterocycles. The Kier molecular flexibility index (Phi) is 10.6. The van der Waals surface area contributed by atoms with Crippen LogP contribution >= 0.6 is 0 Å². The van der Waals surface area contributed by atoms with E-state index in [1.165, 1.54) is 13.2 Å². The van der Waals surface area contributed by atoms with Gasteiger partial charge in [0.1, 0.15) is 5.82 Å². The Labute approximate surface area is 243 Å². The molecule has 0 aromatic heterocycles. The number of likely N-dealkylation sites (tertiary alicyclic amines) is 2. The highest BCUT2D eigenvalue weighted by molar-refractivity contribution is 5.75. The number of hydrogen-bond acceptors (Lipinski definition) is 5. The topological polar surface area (TPSA) is 108 Å². The van der Waals surface area contributed by atoms with Crippen LogP contribution in [-0.4, -0.2) is 73.4 Å². The van der Waals surface area contributed by atoms with Crippen LogP contribution in [0, 0.1) is 17.7 Å². The van der Waals surface area contributed by atoms with E-state index in [9.17, 15) is 14.7 Å². The summed E-state index contributed by atoms with van der Waals surface area (Å²) < 4.78 is 20.3. The van der Waals surface area contributed by atoms with Crippen LogP contribution < -0.4 is 11.1 Å². The zero-order valence-electron chi connectivity index (χ0n) is 24.4. The Morgan fingerprint density at radius 2 is 1.88 bits per heavy atom. The molecule has 0 aliphatic carbocycles. The van der Waals surface area contributed by atoms with Crippen molar-refractivity contribution < 1.29 is 23.8 Å². The summed E-state index contributed by atoms with van der Waals surface area (Å²) in [6, 6.07) is 12.7. The lowest BCUT2D eigenvalue weighted by atomic mass is 9.72. The van der Waals surface area contributed by atoms with Gasteiger partial charge in [0.2, 0.25) is 0 Å². The van der Waals surface area contributed by atoms with E-state index in [-0.39, 0.29) is 18.4 Å². The molecular formula is C32H45FN4O4. The summed E-state index contributed by atoms with van der Waals surface area (Å²) in [5.41, 5.74) is 7.12. The second kappa shape index (κ2) is 14.1. The van der Waals surface area contributed by atoms with Crippen LogP contribution in [0.15, 0.2) is 42.5 Å². The van der Waals surface area contributed by atoms with Crippen molar-refractivity contribution in [3.8, 4) is 11.1 Å². The van der Waals surface area contributed by atoms with Crippen molar-refractivity contribution >= 4 is 12.1 Å². The Balaban J connectivity index is 1.65. The number of piperidine rings is 2. The normalized spacial score (nSPS) is 19.5. The Morgan fingerprint density at radius 1 is 1.12 bits per heavy atom. The maximum atomic E-state index is 15.7. The van der Waals surface area contributed by atoms with Crippen molar-refractivity contribution in [2.45, 2.75) is 57.5 Å². The van der Waals surface area contributed by atoms with Crippen molar-refractivity contribution in [3.63, 3.8) is 0 Å². The van der Waals surface area contributed by atoms with Gasteiger partial charge in [-0.1, -0.05) is 43.3 Å². The second-order valence-corrected chi connectivity index (χ2v) is 11.4. The minimum absolute atomic E-state index is 0.00464. The van der Waals surface area contributed by atoms with Crippen LogP contribution in [0.5, 0.6) is 0 Å². The van der Waals surface area contributed by atoms with Crippen LogP contribution in [0.1, 0.15) is 56.6 Å². The number of carbonyl (C=O) groups is 2. The third-order valence-corrected chi connectivity index (χ3v) is 8.88. The molecule has 2 aromatic carbocycles. The first-order valence-electron chi connectivity index (χ1n) is 15.0. The number of aryl methyl sites for hydroxylation is 1. The quantitative estimate of drug-likeness (QED) is 0.374. The van der Waals surface area contributed by atoms with E-state index in [2.05, 4.69) is 12.2 Å². The number of alkyl carbamates (subject to hydrolysis) is 1. The van der Waals surface area contributed by atoms with Crippen LogP contribution in [0.4, 0.5) is 14.0 Å². The molecule has 2 aromatic rings. The van der Waals surface area contributed by atoms with E-state index in [0.29, 0.717) is 69.2 Å². The molecule has 2 fully saturated rings. The molecule has 224 valence electrons. The van der Waals surface area contributed by atoms with Gasteiger partial charge in [-0.25, -0.2) is 14.0 Å². The standard InChI is InChI=1S/C32H45FN4O4/c1-3-23-8-4-9-25(20-23)29-27(11-5-12-28(29)33)32(40,15-7-16-35-30(38)41-2)26-10-6-17-37(22-26)31(39)36-18-13-24(21-34)14-19-36/h4-5,8-9,11-12,20,24,26,40H,3,6-7,10,13-19,21-22,34H2,1-2H3,(H,35,38)/t26-,32-/m1/s1. The average molecular weight is 569 g/mol. The van der Waals surface area contributed by atoms with E-state index < -0.39 is 17.5 Å². The first-order valence-corrected chi connectivity index (χ1v) is 15.0. The highest BCUT2D eigenvalue weighted by Gasteiger charge is 2.43. The molecule has 3 amide bonds. The monoisotopic (exact) mass is 568 g/mol. The van der Waals surface area contributed by atoms with Crippen molar-refractivity contribution in [3.05, 3.63) is 59.4 Å². The third-order valence-electron chi connectivity index (χ3n) is 8.88. The van der Waals surface area contributed by atoms with Gasteiger partial charge in [0, 0.05) is 44.2 Å². The molecule has 0 saturated carbocycles. The number of halogens is 1. The third kappa shape index (κ3) is 7.19. The summed E-state index contributed by atoms with van der Waals surface area (Å²) in [6.07, 6.45) is 4.26. The first kappa shape index (κ1) is 30.8. The van der Waals surface area contributed by atoms with Gasteiger partial charge in [0.15, 0.2) is 0 Å². The molecule has 0 spiro atoms. The minimum Gasteiger partial charge on any atom is -0.453 e. The van der Waals surface area contributed by atoms with Gasteiger partial charge in [0.05, 0.1) is 12.7 Å². The molecule has 4 rings (SSSR count). The van der Waals surface area contributed by atoms with Crippen molar-refractivity contribution in [2.24, 2.45) is 17.6 Å². The molecule has 2 atom stereocenters. The van der Waals surface area contributed by atoms with Gasteiger partial charge in [0.25, 0.3) is 0 Å². The van der Waals surface area contributed by atoms with Crippen molar-refractivity contribution in [1.29, 1.82) is 0 Å². The number of rotatable bonds is 9. The molecule has 8 nitrogen and oxygen atoms in total. The van der Waals surface area contributed by atoms with Gasteiger partial charge in [-0.2, -0.15) is 0 Å². The van der Waals surface area contributed by atoms with Gasteiger partial charge >= 0.3 is 12.1 Å². The van der Waals surface area contributed by atoms with E-state index in [0.717, 1.165) is 36.8 Å². The van der Waals surface area contributed by atoms with Crippen molar-refractivity contribution in [2.75, 3.05) is 46.4 Å². The number of benzene rings is 2. The number of ether oxygens (including phenoxy) is 1. The van der Waals surface area contributed by atoms with Crippen LogP contribution in [-0.2, 0) is 16.8 Å². The number of nitrogens with zero attached hydrogens (tertiary/aromatic N) is 2. The Bertz CT molecular complexity index is 1190. The van der Waals surface area contributed by atoms with Gasteiger partial charge in [-0.3, -0.25) is 0 Å². The van der Waals surface area contributed by atoms with E-state index >= 15 is 4.39 Å². The molecule has 0 unspecified atom stereocenters. The number of aliphatic hydroxyl groups is 1. The number of urea groups is 1. The maximum Gasteiger partial charge on any atom is 0.406 e. The average Bonchev–Trinajstić information content (AvgIpc) is 3.02.